The van der Waals surface area contributed by atoms with Crippen LogP contribution in [0.3, 0.4) is 0 Å². The first-order valence-electron chi connectivity index (χ1n) is 6.62. The number of hydrogen-bond donors (Lipinski definition) is 1. The lowest BCUT2D eigenvalue weighted by Gasteiger charge is -2.29. The summed E-state index contributed by atoms with van der Waals surface area (Å²) in [5.74, 6) is 0.129. The first-order valence-corrected chi connectivity index (χ1v) is 6.62. The van der Waals surface area contributed by atoms with Gasteiger partial charge in [0.25, 0.3) is 0 Å². The normalized spacial score (nSPS) is 16.5. The maximum absolute atomic E-state index is 12.2. The van der Waals surface area contributed by atoms with Crippen LogP contribution in [0, 0.1) is 11.3 Å². The van der Waals surface area contributed by atoms with Crippen molar-refractivity contribution in [2.75, 3.05) is 18.4 Å². The summed E-state index contributed by atoms with van der Waals surface area (Å²) in [5.41, 5.74) is 1.14. The smallest absolute Gasteiger partial charge is 0.244 e. The van der Waals surface area contributed by atoms with E-state index in [1.807, 2.05) is 17.9 Å². The van der Waals surface area contributed by atoms with Crippen LogP contribution in [0.25, 0.3) is 0 Å². The number of likely N-dealkylation sites (tertiary alicyclic amines) is 1. The molecule has 1 N–H and O–H groups in total. The molecule has 1 saturated heterocycles. The molecular weight excluding hydrogens is 240 g/mol. The Labute approximate surface area is 113 Å². The molecule has 1 aromatic rings. The molecule has 0 spiro atoms. The van der Waals surface area contributed by atoms with Gasteiger partial charge in [-0.25, -0.2) is 4.98 Å². The molecule has 0 aromatic carbocycles. The molecule has 1 unspecified atom stereocenters. The number of aromatic nitrogens is 1. The summed E-state index contributed by atoms with van der Waals surface area (Å²) in [6.07, 6.45) is 4.98. The third-order valence-corrected chi connectivity index (χ3v) is 3.30. The zero-order valence-corrected chi connectivity index (χ0v) is 11.1. The monoisotopic (exact) mass is 258 g/mol. The number of anilines is 1. The minimum Gasteiger partial charge on any atom is -0.373 e. The fourth-order valence-corrected chi connectivity index (χ4v) is 2.25. The number of nitrogens with one attached hydrogen (secondary N) is 1. The molecule has 0 aliphatic carbocycles. The Morgan fingerprint density at radius 1 is 1.42 bits per heavy atom. The highest BCUT2D eigenvalue weighted by molar-refractivity contribution is 5.84. The quantitative estimate of drug-likeness (QED) is 0.897. The summed E-state index contributed by atoms with van der Waals surface area (Å²) in [5, 5.41) is 11.8. The average Bonchev–Trinajstić information content (AvgIpc) is 2.48. The van der Waals surface area contributed by atoms with Crippen molar-refractivity contribution in [3.05, 3.63) is 24.0 Å². The highest BCUT2D eigenvalue weighted by atomic mass is 16.2. The SMILES string of the molecule is CC(Nc1ccc(C#N)nc1)C(=O)N1CCCCC1. The van der Waals surface area contributed by atoms with Crippen molar-refractivity contribution in [1.82, 2.24) is 9.88 Å². The van der Waals surface area contributed by atoms with Gasteiger partial charge >= 0.3 is 0 Å². The van der Waals surface area contributed by atoms with E-state index in [1.54, 1.807) is 18.3 Å². The van der Waals surface area contributed by atoms with Gasteiger partial charge in [-0.15, -0.1) is 0 Å². The molecule has 100 valence electrons. The van der Waals surface area contributed by atoms with E-state index in [0.717, 1.165) is 31.6 Å². The van der Waals surface area contributed by atoms with E-state index in [-0.39, 0.29) is 11.9 Å². The van der Waals surface area contributed by atoms with Crippen LogP contribution in [0.5, 0.6) is 0 Å². The van der Waals surface area contributed by atoms with Gasteiger partial charge in [0.15, 0.2) is 0 Å². The first-order chi connectivity index (χ1) is 9.20. The van der Waals surface area contributed by atoms with E-state index in [2.05, 4.69) is 10.3 Å². The van der Waals surface area contributed by atoms with Gasteiger partial charge in [-0.05, 0) is 38.3 Å². The van der Waals surface area contributed by atoms with Crippen molar-refractivity contribution >= 4 is 11.6 Å². The molecule has 1 aromatic heterocycles. The molecule has 1 aliphatic rings. The topological polar surface area (TPSA) is 69.0 Å². The van der Waals surface area contributed by atoms with Crippen molar-refractivity contribution < 1.29 is 4.79 Å². The second-order valence-corrected chi connectivity index (χ2v) is 4.80. The number of carbonyl (C=O) groups excluding carboxylic acids is 1. The minimum atomic E-state index is -0.271. The lowest BCUT2D eigenvalue weighted by atomic mass is 10.1. The number of rotatable bonds is 3. The molecule has 1 aliphatic heterocycles. The molecule has 0 bridgehead atoms. The molecule has 1 amide bonds. The lowest BCUT2D eigenvalue weighted by molar-refractivity contribution is -0.132. The summed E-state index contributed by atoms with van der Waals surface area (Å²) in [6.45, 7) is 3.57. The molecule has 19 heavy (non-hydrogen) atoms. The summed E-state index contributed by atoms with van der Waals surface area (Å²) < 4.78 is 0. The average molecular weight is 258 g/mol. The van der Waals surface area contributed by atoms with Crippen LogP contribution >= 0.6 is 0 Å². The molecule has 5 heteroatoms. The van der Waals surface area contributed by atoms with Crippen LogP contribution in [0.1, 0.15) is 31.9 Å². The van der Waals surface area contributed by atoms with Gasteiger partial charge in [0.2, 0.25) is 5.91 Å². The predicted molar refractivity (Wildman–Crippen MR) is 72.5 cm³/mol. The summed E-state index contributed by atoms with van der Waals surface area (Å²) >= 11 is 0. The van der Waals surface area contributed by atoms with E-state index in [4.69, 9.17) is 5.26 Å². The second kappa shape index (κ2) is 6.19. The van der Waals surface area contributed by atoms with E-state index in [9.17, 15) is 4.79 Å². The Morgan fingerprint density at radius 2 is 2.16 bits per heavy atom. The molecule has 2 rings (SSSR count). The lowest BCUT2D eigenvalue weighted by Crippen LogP contribution is -2.43. The molecule has 5 nitrogen and oxygen atoms in total. The Kier molecular flexibility index (Phi) is 4.35. The highest BCUT2D eigenvalue weighted by Crippen LogP contribution is 2.13. The van der Waals surface area contributed by atoms with Crippen molar-refractivity contribution in [2.45, 2.75) is 32.2 Å². The fraction of sp³-hybridized carbons (Fsp3) is 0.500. The van der Waals surface area contributed by atoms with Crippen LogP contribution in [0.15, 0.2) is 18.3 Å². The zero-order chi connectivity index (χ0) is 13.7. The molecule has 1 atom stereocenters. The maximum atomic E-state index is 12.2. The van der Waals surface area contributed by atoms with Gasteiger partial charge in [0.1, 0.15) is 17.8 Å². The van der Waals surface area contributed by atoms with Gasteiger partial charge in [-0.3, -0.25) is 4.79 Å². The Balaban J connectivity index is 1.93. The second-order valence-electron chi connectivity index (χ2n) is 4.80. The van der Waals surface area contributed by atoms with E-state index in [0.29, 0.717) is 5.69 Å². The van der Waals surface area contributed by atoms with Crippen molar-refractivity contribution in [2.24, 2.45) is 0 Å². The van der Waals surface area contributed by atoms with E-state index < -0.39 is 0 Å². The number of amides is 1. The van der Waals surface area contributed by atoms with Gasteiger partial charge < -0.3 is 10.2 Å². The largest absolute Gasteiger partial charge is 0.373 e. The number of carbonyl (C=O) groups is 1. The number of piperidine rings is 1. The van der Waals surface area contributed by atoms with E-state index in [1.165, 1.54) is 6.42 Å². The van der Waals surface area contributed by atoms with Crippen molar-refractivity contribution in [3.63, 3.8) is 0 Å². The van der Waals surface area contributed by atoms with Crippen LogP contribution in [0.2, 0.25) is 0 Å². The highest BCUT2D eigenvalue weighted by Gasteiger charge is 2.21. The van der Waals surface area contributed by atoms with Crippen molar-refractivity contribution in [3.8, 4) is 6.07 Å². The third-order valence-electron chi connectivity index (χ3n) is 3.30. The number of nitriles is 1. The number of hydrogen-bond acceptors (Lipinski definition) is 4. The zero-order valence-electron chi connectivity index (χ0n) is 11.1. The third kappa shape index (κ3) is 3.44. The summed E-state index contributed by atoms with van der Waals surface area (Å²) in [7, 11) is 0. The number of nitrogens with zero attached hydrogens (tertiary/aromatic N) is 3. The van der Waals surface area contributed by atoms with Gasteiger partial charge in [-0.1, -0.05) is 0 Å². The standard InChI is InChI=1S/C14H18N4O/c1-11(14(19)18-7-3-2-4-8-18)17-13-6-5-12(9-15)16-10-13/h5-6,10-11,17H,2-4,7-8H2,1H3. The summed E-state index contributed by atoms with van der Waals surface area (Å²) in [6, 6.07) is 5.11. The van der Waals surface area contributed by atoms with Crippen molar-refractivity contribution in [1.29, 1.82) is 5.26 Å². The van der Waals surface area contributed by atoms with Crippen LogP contribution < -0.4 is 5.32 Å². The van der Waals surface area contributed by atoms with Gasteiger partial charge in [0, 0.05) is 13.1 Å². The number of pyridine rings is 1. The van der Waals surface area contributed by atoms with Crippen LogP contribution in [0.4, 0.5) is 5.69 Å². The first kappa shape index (κ1) is 13.3. The van der Waals surface area contributed by atoms with Gasteiger partial charge in [-0.2, -0.15) is 5.26 Å². The maximum Gasteiger partial charge on any atom is 0.244 e. The molecule has 2 heterocycles. The molecule has 1 fully saturated rings. The van der Waals surface area contributed by atoms with Crippen LogP contribution in [-0.4, -0.2) is 34.9 Å². The molecule has 0 radical (unpaired) electrons. The van der Waals surface area contributed by atoms with Gasteiger partial charge in [0.05, 0.1) is 11.9 Å². The molecule has 0 saturated carbocycles. The predicted octanol–water partition coefficient (Wildman–Crippen LogP) is 1.77. The minimum absolute atomic E-state index is 0.129. The molecular formula is C14H18N4O. The Hall–Kier alpha value is -2.09. The van der Waals surface area contributed by atoms with Crippen LogP contribution in [-0.2, 0) is 4.79 Å². The Morgan fingerprint density at radius 3 is 2.74 bits per heavy atom. The summed E-state index contributed by atoms with van der Waals surface area (Å²) in [4.78, 5) is 18.1. The Bertz CT molecular complexity index is 471. The van der Waals surface area contributed by atoms with E-state index >= 15 is 0 Å². The fourth-order valence-electron chi connectivity index (χ4n) is 2.25.